The van der Waals surface area contributed by atoms with Crippen LogP contribution >= 0.6 is 0 Å². The monoisotopic (exact) mass is 284 g/mol. The van der Waals surface area contributed by atoms with E-state index in [1.54, 1.807) is 0 Å². The van der Waals surface area contributed by atoms with Crippen molar-refractivity contribution in [3.8, 4) is 0 Å². The van der Waals surface area contributed by atoms with E-state index in [-0.39, 0.29) is 6.04 Å². The second-order valence-electron chi connectivity index (χ2n) is 5.26. The molecular weight excluding hydrogens is 260 g/mol. The zero-order valence-electron chi connectivity index (χ0n) is 12.9. The Hall–Kier alpha value is -1.94. The van der Waals surface area contributed by atoms with E-state index in [1.165, 1.54) is 5.56 Å². The minimum Gasteiger partial charge on any atom is -0.337 e. The lowest BCUT2D eigenvalue weighted by molar-refractivity contribution is 0.642. The summed E-state index contributed by atoms with van der Waals surface area (Å²) in [6.45, 7) is 5.92. The van der Waals surface area contributed by atoms with Gasteiger partial charge in [-0.05, 0) is 30.9 Å². The van der Waals surface area contributed by atoms with Crippen LogP contribution in [0.3, 0.4) is 0 Å². The van der Waals surface area contributed by atoms with Crippen molar-refractivity contribution in [1.29, 1.82) is 0 Å². The summed E-state index contributed by atoms with van der Waals surface area (Å²) in [6, 6.07) is 10.6. The molecule has 0 fully saturated rings. The molecule has 1 heterocycles. The fourth-order valence-electron chi connectivity index (χ4n) is 2.19. The molecule has 1 unspecified atom stereocenters. The van der Waals surface area contributed by atoms with Crippen LogP contribution in [0, 0.1) is 0 Å². The molecule has 0 saturated carbocycles. The highest BCUT2D eigenvalue weighted by atomic mass is 15.2. The van der Waals surface area contributed by atoms with Crippen molar-refractivity contribution in [3.05, 3.63) is 53.9 Å². The summed E-state index contributed by atoms with van der Waals surface area (Å²) in [5, 5.41) is 0. The van der Waals surface area contributed by atoms with Crippen LogP contribution in [0.5, 0.6) is 0 Å². The average molecular weight is 284 g/mol. The predicted octanol–water partition coefficient (Wildman–Crippen LogP) is 2.78. The van der Waals surface area contributed by atoms with E-state index >= 15 is 0 Å². The number of hydrogen-bond donors (Lipinski definition) is 1. The van der Waals surface area contributed by atoms with Crippen molar-refractivity contribution in [2.75, 3.05) is 11.4 Å². The van der Waals surface area contributed by atoms with Gasteiger partial charge in [0.2, 0.25) is 5.95 Å². The molecule has 2 N–H and O–H groups in total. The van der Waals surface area contributed by atoms with Gasteiger partial charge in [-0.2, -0.15) is 0 Å². The van der Waals surface area contributed by atoms with Gasteiger partial charge in [0.15, 0.2) is 0 Å². The van der Waals surface area contributed by atoms with Gasteiger partial charge < -0.3 is 10.6 Å². The summed E-state index contributed by atoms with van der Waals surface area (Å²) < 4.78 is 0. The van der Waals surface area contributed by atoms with Crippen LogP contribution in [0.25, 0.3) is 0 Å². The molecule has 0 aliphatic carbocycles. The van der Waals surface area contributed by atoms with Crippen molar-refractivity contribution >= 4 is 5.95 Å². The number of hydrogen-bond acceptors (Lipinski definition) is 4. The maximum atomic E-state index is 5.97. The molecule has 0 aliphatic rings. The summed E-state index contributed by atoms with van der Waals surface area (Å²) in [5.41, 5.74) is 8.33. The highest BCUT2D eigenvalue weighted by molar-refractivity contribution is 5.32. The van der Waals surface area contributed by atoms with E-state index in [4.69, 9.17) is 5.73 Å². The van der Waals surface area contributed by atoms with E-state index in [0.29, 0.717) is 0 Å². The third-order valence-electron chi connectivity index (χ3n) is 3.59. The van der Waals surface area contributed by atoms with Gasteiger partial charge in [0.25, 0.3) is 0 Å². The Balaban J connectivity index is 2.05. The number of rotatable bonds is 7. The van der Waals surface area contributed by atoms with Gasteiger partial charge in [-0.1, -0.05) is 37.3 Å². The van der Waals surface area contributed by atoms with Crippen LogP contribution in [0.2, 0.25) is 0 Å². The van der Waals surface area contributed by atoms with Crippen LogP contribution in [-0.2, 0) is 13.0 Å². The van der Waals surface area contributed by atoms with Gasteiger partial charge in [-0.25, -0.2) is 9.97 Å². The lowest BCUT2D eigenvalue weighted by atomic mass is 10.1. The first-order chi connectivity index (χ1) is 10.2. The zero-order valence-corrected chi connectivity index (χ0v) is 12.9. The molecule has 0 bridgehead atoms. The van der Waals surface area contributed by atoms with Crippen molar-refractivity contribution in [3.63, 3.8) is 0 Å². The molecule has 4 heteroatoms. The second kappa shape index (κ2) is 7.74. The highest BCUT2D eigenvalue weighted by Gasteiger charge is 2.09. The number of anilines is 1. The molecule has 0 aliphatic heterocycles. The van der Waals surface area contributed by atoms with Gasteiger partial charge in [-0.15, -0.1) is 0 Å². The molecule has 0 radical (unpaired) electrons. The Kier molecular flexibility index (Phi) is 5.69. The molecule has 2 aromatic rings. The van der Waals surface area contributed by atoms with Crippen LogP contribution in [0.15, 0.2) is 42.7 Å². The van der Waals surface area contributed by atoms with E-state index in [0.717, 1.165) is 37.4 Å². The lowest BCUT2D eigenvalue weighted by Crippen LogP contribution is -2.25. The lowest BCUT2D eigenvalue weighted by Gasteiger charge is -2.21. The van der Waals surface area contributed by atoms with E-state index in [1.807, 2.05) is 18.5 Å². The van der Waals surface area contributed by atoms with Gasteiger partial charge in [0.05, 0.1) is 0 Å². The molecule has 1 aromatic heterocycles. The van der Waals surface area contributed by atoms with Crippen molar-refractivity contribution in [1.82, 2.24) is 9.97 Å². The van der Waals surface area contributed by atoms with Crippen LogP contribution in [0.1, 0.15) is 31.4 Å². The number of benzene rings is 1. The number of aromatic nitrogens is 2. The Morgan fingerprint density at radius 3 is 2.29 bits per heavy atom. The fraction of sp³-hybridized carbons (Fsp3) is 0.412. The molecule has 2 rings (SSSR count). The third-order valence-corrected chi connectivity index (χ3v) is 3.59. The Labute approximate surface area is 127 Å². The molecule has 21 heavy (non-hydrogen) atoms. The summed E-state index contributed by atoms with van der Waals surface area (Å²) in [7, 11) is 0. The summed E-state index contributed by atoms with van der Waals surface area (Å²) in [5.74, 6) is 0.773. The highest BCUT2D eigenvalue weighted by Crippen LogP contribution is 2.12. The molecule has 1 atom stereocenters. The van der Waals surface area contributed by atoms with Crippen molar-refractivity contribution in [2.24, 2.45) is 5.73 Å². The summed E-state index contributed by atoms with van der Waals surface area (Å²) >= 11 is 0. The topological polar surface area (TPSA) is 55.0 Å². The van der Waals surface area contributed by atoms with Crippen LogP contribution in [-0.4, -0.2) is 22.6 Å². The normalized spacial score (nSPS) is 12.1. The molecule has 1 aromatic carbocycles. The number of nitrogens with two attached hydrogens (primary N) is 1. The molecule has 112 valence electrons. The number of nitrogens with zero attached hydrogens (tertiary/aromatic N) is 3. The average Bonchev–Trinajstić information content (AvgIpc) is 2.54. The van der Waals surface area contributed by atoms with Crippen LogP contribution in [0.4, 0.5) is 5.95 Å². The Morgan fingerprint density at radius 2 is 1.71 bits per heavy atom. The maximum absolute atomic E-state index is 5.97. The standard InChI is InChI=1S/C17H24N4/c1-3-16(18)10-15-11-19-17(20-12-15)21(4-2)13-14-8-6-5-7-9-14/h5-9,11-12,16H,3-4,10,13,18H2,1-2H3. The fourth-order valence-corrected chi connectivity index (χ4v) is 2.19. The minimum absolute atomic E-state index is 0.186. The van der Waals surface area contributed by atoms with Gasteiger partial charge in [0, 0.05) is 31.5 Å². The van der Waals surface area contributed by atoms with Crippen LogP contribution < -0.4 is 10.6 Å². The molecule has 0 amide bonds. The second-order valence-corrected chi connectivity index (χ2v) is 5.26. The Morgan fingerprint density at radius 1 is 1.05 bits per heavy atom. The van der Waals surface area contributed by atoms with E-state index in [2.05, 4.69) is 53.0 Å². The van der Waals surface area contributed by atoms with Crippen molar-refractivity contribution in [2.45, 2.75) is 39.3 Å². The first-order valence-electron chi connectivity index (χ1n) is 7.58. The van der Waals surface area contributed by atoms with E-state index in [9.17, 15) is 0 Å². The maximum Gasteiger partial charge on any atom is 0.225 e. The van der Waals surface area contributed by atoms with Gasteiger partial charge in [-0.3, -0.25) is 0 Å². The first-order valence-corrected chi connectivity index (χ1v) is 7.58. The quantitative estimate of drug-likeness (QED) is 0.849. The smallest absolute Gasteiger partial charge is 0.225 e. The molecule has 0 spiro atoms. The predicted molar refractivity (Wildman–Crippen MR) is 87.2 cm³/mol. The molecule has 0 saturated heterocycles. The third kappa shape index (κ3) is 4.53. The Bertz CT molecular complexity index is 524. The van der Waals surface area contributed by atoms with Gasteiger partial charge >= 0.3 is 0 Å². The summed E-state index contributed by atoms with van der Waals surface area (Å²) in [6.07, 6.45) is 5.59. The zero-order chi connectivity index (χ0) is 15.1. The minimum atomic E-state index is 0.186. The van der Waals surface area contributed by atoms with Crippen molar-refractivity contribution < 1.29 is 0 Å². The molecule has 4 nitrogen and oxygen atoms in total. The van der Waals surface area contributed by atoms with E-state index < -0.39 is 0 Å². The van der Waals surface area contributed by atoms with Gasteiger partial charge in [0.1, 0.15) is 0 Å². The first kappa shape index (κ1) is 15.4. The SMILES string of the molecule is CCC(N)Cc1cnc(N(CC)Cc2ccccc2)nc1. The largest absolute Gasteiger partial charge is 0.337 e. The summed E-state index contributed by atoms with van der Waals surface area (Å²) in [4.78, 5) is 11.2. The molecular formula is C17H24N4.